The van der Waals surface area contributed by atoms with Crippen molar-refractivity contribution in [2.24, 2.45) is 0 Å². The van der Waals surface area contributed by atoms with E-state index < -0.39 is 5.97 Å². The van der Waals surface area contributed by atoms with Crippen molar-refractivity contribution in [2.75, 3.05) is 12.4 Å². The highest BCUT2D eigenvalue weighted by atomic mass is 35.5. The molecule has 4 aromatic rings. The molecule has 0 saturated carbocycles. The molecule has 5 nitrogen and oxygen atoms in total. The van der Waals surface area contributed by atoms with E-state index >= 15 is 0 Å². The van der Waals surface area contributed by atoms with Gasteiger partial charge in [-0.2, -0.15) is 0 Å². The molecule has 2 aromatic carbocycles. The van der Waals surface area contributed by atoms with Crippen LogP contribution >= 0.6 is 11.6 Å². The Labute approximate surface area is 183 Å². The first-order chi connectivity index (χ1) is 15.0. The van der Waals surface area contributed by atoms with Gasteiger partial charge in [-0.3, -0.25) is 4.98 Å². The lowest BCUT2D eigenvalue weighted by Crippen LogP contribution is -2.09. The largest absolute Gasteiger partial charge is 0.464 e. The summed E-state index contributed by atoms with van der Waals surface area (Å²) in [5.41, 5.74) is 3.89. The van der Waals surface area contributed by atoms with Crippen LogP contribution in [0.25, 0.3) is 22.0 Å². The number of esters is 1. The van der Waals surface area contributed by atoms with Gasteiger partial charge in [0.05, 0.1) is 29.4 Å². The van der Waals surface area contributed by atoms with Crippen molar-refractivity contribution in [3.63, 3.8) is 0 Å². The summed E-state index contributed by atoms with van der Waals surface area (Å²) in [6.07, 6.45) is 3.19. The molecule has 0 aliphatic carbocycles. The third-order valence-corrected chi connectivity index (χ3v) is 5.33. The SMILES string of the molecule is COC(=O)c1ccc(-c2ccc3ncc(Cl)c(N[C@H](C)c4ccccc4F)c3c2)cn1. The first-order valence-electron chi connectivity index (χ1n) is 9.62. The highest BCUT2D eigenvalue weighted by Gasteiger charge is 2.15. The molecule has 0 radical (unpaired) electrons. The Bertz CT molecular complexity index is 1260. The highest BCUT2D eigenvalue weighted by molar-refractivity contribution is 6.34. The lowest BCUT2D eigenvalue weighted by Gasteiger charge is -2.19. The minimum absolute atomic E-state index is 0.234. The van der Waals surface area contributed by atoms with Crippen LogP contribution in [-0.4, -0.2) is 23.0 Å². The molecule has 0 amide bonds. The summed E-state index contributed by atoms with van der Waals surface area (Å²) in [6.45, 7) is 1.88. The summed E-state index contributed by atoms with van der Waals surface area (Å²) in [7, 11) is 1.31. The van der Waals surface area contributed by atoms with E-state index in [1.54, 1.807) is 42.7 Å². The summed E-state index contributed by atoms with van der Waals surface area (Å²) >= 11 is 6.46. The zero-order valence-electron chi connectivity index (χ0n) is 16.9. The van der Waals surface area contributed by atoms with Crippen molar-refractivity contribution < 1.29 is 13.9 Å². The minimum atomic E-state index is -0.491. The number of fused-ring (bicyclic) bond motifs is 1. The number of nitrogens with zero attached hydrogens (tertiary/aromatic N) is 2. The summed E-state index contributed by atoms with van der Waals surface area (Å²) in [5.74, 6) is -0.774. The molecule has 7 heteroatoms. The maximum Gasteiger partial charge on any atom is 0.356 e. The lowest BCUT2D eigenvalue weighted by molar-refractivity contribution is 0.0594. The fourth-order valence-electron chi connectivity index (χ4n) is 3.40. The average molecular weight is 436 g/mol. The second-order valence-electron chi connectivity index (χ2n) is 7.02. The molecular formula is C24H19ClFN3O2. The monoisotopic (exact) mass is 435 g/mol. The van der Waals surface area contributed by atoms with E-state index in [4.69, 9.17) is 16.3 Å². The predicted molar refractivity (Wildman–Crippen MR) is 120 cm³/mol. The quantitative estimate of drug-likeness (QED) is 0.386. The first-order valence-corrected chi connectivity index (χ1v) is 9.99. The molecule has 0 aliphatic rings. The number of nitrogens with one attached hydrogen (secondary N) is 1. The summed E-state index contributed by atoms with van der Waals surface area (Å²) in [5, 5.41) is 4.57. The van der Waals surface area contributed by atoms with Crippen LogP contribution in [0.4, 0.5) is 10.1 Å². The molecule has 0 saturated heterocycles. The second-order valence-corrected chi connectivity index (χ2v) is 7.43. The highest BCUT2D eigenvalue weighted by Crippen LogP contribution is 2.35. The van der Waals surface area contributed by atoms with Crippen molar-refractivity contribution in [2.45, 2.75) is 13.0 Å². The van der Waals surface area contributed by atoms with Crippen LogP contribution in [-0.2, 0) is 4.74 Å². The van der Waals surface area contributed by atoms with E-state index in [-0.39, 0.29) is 17.6 Å². The Morgan fingerprint density at radius 2 is 1.84 bits per heavy atom. The van der Waals surface area contributed by atoms with Crippen LogP contribution in [0.2, 0.25) is 5.02 Å². The van der Waals surface area contributed by atoms with Gasteiger partial charge in [-0.1, -0.05) is 41.9 Å². The number of carbonyl (C=O) groups excluding carboxylic acids is 1. The smallest absolute Gasteiger partial charge is 0.356 e. The van der Waals surface area contributed by atoms with Crippen molar-refractivity contribution in [1.82, 2.24) is 9.97 Å². The molecule has 2 heterocycles. The Morgan fingerprint density at radius 3 is 2.55 bits per heavy atom. The maximum atomic E-state index is 14.2. The molecule has 1 N–H and O–H groups in total. The topological polar surface area (TPSA) is 64.1 Å². The van der Waals surface area contributed by atoms with Crippen LogP contribution in [0.5, 0.6) is 0 Å². The zero-order valence-corrected chi connectivity index (χ0v) is 17.7. The number of anilines is 1. The second kappa shape index (κ2) is 8.70. The van der Waals surface area contributed by atoms with Crippen LogP contribution in [0.1, 0.15) is 29.0 Å². The molecule has 0 fully saturated rings. The lowest BCUT2D eigenvalue weighted by atomic mass is 10.0. The average Bonchev–Trinajstić information content (AvgIpc) is 2.80. The standard InChI is InChI=1S/C24H19ClFN3O2/c1-14(17-5-3-4-6-20(17)26)29-23-18-11-15(7-9-21(18)28-13-19(23)25)16-8-10-22(27-12-16)24(30)31-2/h3-14H,1-2H3,(H,28,29)/t14-/m1/s1. The van der Waals surface area contributed by atoms with Gasteiger partial charge in [0.25, 0.3) is 0 Å². The van der Waals surface area contributed by atoms with Gasteiger partial charge >= 0.3 is 5.97 Å². The number of methoxy groups -OCH3 is 1. The Kier molecular flexibility index (Phi) is 5.82. The van der Waals surface area contributed by atoms with Gasteiger partial charge in [-0.25, -0.2) is 14.2 Å². The van der Waals surface area contributed by atoms with E-state index in [2.05, 4.69) is 15.3 Å². The number of hydrogen-bond acceptors (Lipinski definition) is 5. The number of pyridine rings is 2. The third kappa shape index (κ3) is 4.20. The number of benzene rings is 2. The van der Waals surface area contributed by atoms with E-state index in [9.17, 15) is 9.18 Å². The molecule has 0 bridgehead atoms. The van der Waals surface area contributed by atoms with Crippen molar-refractivity contribution >= 4 is 34.2 Å². The molecule has 4 rings (SSSR count). The van der Waals surface area contributed by atoms with E-state index in [1.807, 2.05) is 25.1 Å². The first kappa shape index (κ1) is 20.8. The molecule has 0 spiro atoms. The molecule has 31 heavy (non-hydrogen) atoms. The fourth-order valence-corrected chi connectivity index (χ4v) is 3.61. The minimum Gasteiger partial charge on any atom is -0.464 e. The summed E-state index contributed by atoms with van der Waals surface area (Å²) in [4.78, 5) is 20.2. The predicted octanol–water partition coefficient (Wildman–Crippen LogP) is 6.05. The van der Waals surface area contributed by atoms with E-state index in [0.29, 0.717) is 16.3 Å². The van der Waals surface area contributed by atoms with Crippen LogP contribution in [0, 0.1) is 5.82 Å². The number of rotatable bonds is 5. The van der Waals surface area contributed by atoms with Gasteiger partial charge < -0.3 is 10.1 Å². The van der Waals surface area contributed by atoms with Gasteiger partial charge in [0, 0.05) is 28.9 Å². The van der Waals surface area contributed by atoms with Gasteiger partial charge in [0.2, 0.25) is 0 Å². The molecule has 2 aromatic heterocycles. The van der Waals surface area contributed by atoms with Crippen molar-refractivity contribution in [3.05, 3.63) is 89.1 Å². The van der Waals surface area contributed by atoms with E-state index in [0.717, 1.165) is 22.0 Å². The fraction of sp³-hybridized carbons (Fsp3) is 0.125. The molecule has 0 unspecified atom stereocenters. The summed E-state index contributed by atoms with van der Waals surface area (Å²) < 4.78 is 18.9. The van der Waals surface area contributed by atoms with E-state index in [1.165, 1.54) is 13.2 Å². The number of halogens is 2. The Hall–Kier alpha value is -3.51. The van der Waals surface area contributed by atoms with Crippen LogP contribution in [0.3, 0.4) is 0 Å². The van der Waals surface area contributed by atoms with Gasteiger partial charge in [0.15, 0.2) is 0 Å². The Morgan fingerprint density at radius 1 is 1.06 bits per heavy atom. The molecular weight excluding hydrogens is 417 g/mol. The zero-order chi connectivity index (χ0) is 22.0. The van der Waals surface area contributed by atoms with Crippen LogP contribution in [0.15, 0.2) is 67.0 Å². The molecule has 1 atom stereocenters. The number of hydrogen-bond donors (Lipinski definition) is 1. The number of ether oxygens (including phenoxy) is 1. The van der Waals surface area contributed by atoms with Gasteiger partial charge in [0.1, 0.15) is 11.5 Å². The maximum absolute atomic E-state index is 14.2. The molecule has 0 aliphatic heterocycles. The Balaban J connectivity index is 1.73. The number of aromatic nitrogens is 2. The summed E-state index contributed by atoms with van der Waals surface area (Å²) in [6, 6.07) is 15.5. The number of carbonyl (C=O) groups is 1. The normalized spacial score (nSPS) is 11.9. The van der Waals surface area contributed by atoms with Crippen molar-refractivity contribution in [1.29, 1.82) is 0 Å². The molecule has 156 valence electrons. The van der Waals surface area contributed by atoms with Crippen molar-refractivity contribution in [3.8, 4) is 11.1 Å². The van der Waals surface area contributed by atoms with Crippen LogP contribution < -0.4 is 5.32 Å². The van der Waals surface area contributed by atoms with Gasteiger partial charge in [-0.15, -0.1) is 0 Å². The van der Waals surface area contributed by atoms with Gasteiger partial charge in [-0.05, 0) is 36.8 Å². The third-order valence-electron chi connectivity index (χ3n) is 5.05.